The molecule has 1 heterocycles. The SMILES string of the molecule is O=C(CCn1cnc2ccccc2c1=O)Nc1cc(Cl)ccc1Cl. The van der Waals surface area contributed by atoms with Crippen LogP contribution >= 0.6 is 23.2 Å². The molecule has 2 aromatic carbocycles. The number of hydrogen-bond donors (Lipinski definition) is 1. The summed E-state index contributed by atoms with van der Waals surface area (Å²) in [5.41, 5.74) is 0.904. The van der Waals surface area contributed by atoms with E-state index in [2.05, 4.69) is 10.3 Å². The van der Waals surface area contributed by atoms with E-state index in [4.69, 9.17) is 23.2 Å². The lowest BCUT2D eigenvalue weighted by Crippen LogP contribution is -2.23. The highest BCUT2D eigenvalue weighted by atomic mass is 35.5. The summed E-state index contributed by atoms with van der Waals surface area (Å²) in [5, 5.41) is 4.09. The molecule has 0 bridgehead atoms. The summed E-state index contributed by atoms with van der Waals surface area (Å²) in [7, 11) is 0. The Bertz CT molecular complexity index is 969. The summed E-state index contributed by atoms with van der Waals surface area (Å²) in [6.07, 6.45) is 1.56. The van der Waals surface area contributed by atoms with E-state index in [1.165, 1.54) is 10.9 Å². The quantitative estimate of drug-likeness (QED) is 0.769. The van der Waals surface area contributed by atoms with Gasteiger partial charge in [0.05, 0.1) is 27.9 Å². The van der Waals surface area contributed by atoms with E-state index < -0.39 is 0 Å². The van der Waals surface area contributed by atoms with Gasteiger partial charge in [-0.25, -0.2) is 4.98 Å². The molecular weight excluding hydrogens is 349 g/mol. The lowest BCUT2D eigenvalue weighted by molar-refractivity contribution is -0.116. The molecule has 24 heavy (non-hydrogen) atoms. The molecule has 7 heteroatoms. The molecule has 0 atom stereocenters. The zero-order chi connectivity index (χ0) is 17.1. The Morgan fingerprint density at radius 1 is 1.17 bits per heavy atom. The van der Waals surface area contributed by atoms with Crippen LogP contribution in [0.15, 0.2) is 53.6 Å². The fourth-order valence-electron chi connectivity index (χ4n) is 2.29. The van der Waals surface area contributed by atoms with Crippen LogP contribution in [0.5, 0.6) is 0 Å². The highest BCUT2D eigenvalue weighted by Crippen LogP contribution is 2.25. The average molecular weight is 362 g/mol. The van der Waals surface area contributed by atoms with Gasteiger partial charge in [0.15, 0.2) is 0 Å². The number of carbonyl (C=O) groups is 1. The van der Waals surface area contributed by atoms with Gasteiger partial charge in [0.1, 0.15) is 0 Å². The van der Waals surface area contributed by atoms with Crippen molar-refractivity contribution in [2.45, 2.75) is 13.0 Å². The van der Waals surface area contributed by atoms with Crippen LogP contribution < -0.4 is 10.9 Å². The standard InChI is InChI=1S/C17H13Cl2N3O2/c18-11-5-6-13(19)15(9-11)21-16(23)7-8-22-10-20-14-4-2-1-3-12(14)17(22)24/h1-6,9-10H,7-8H2,(H,21,23). The number of aromatic nitrogens is 2. The molecular formula is C17H13Cl2N3O2. The van der Waals surface area contributed by atoms with Crippen molar-refractivity contribution in [1.82, 2.24) is 9.55 Å². The van der Waals surface area contributed by atoms with Gasteiger partial charge < -0.3 is 5.32 Å². The number of hydrogen-bond acceptors (Lipinski definition) is 3. The predicted molar refractivity (Wildman–Crippen MR) is 95.7 cm³/mol. The van der Waals surface area contributed by atoms with E-state index in [9.17, 15) is 9.59 Å². The Morgan fingerprint density at radius 3 is 2.79 bits per heavy atom. The van der Waals surface area contributed by atoms with Crippen molar-refractivity contribution in [1.29, 1.82) is 0 Å². The minimum atomic E-state index is -0.265. The summed E-state index contributed by atoms with van der Waals surface area (Å²) in [6.45, 7) is 0.223. The predicted octanol–water partition coefficient (Wildman–Crippen LogP) is 3.73. The number of amides is 1. The first-order chi connectivity index (χ1) is 11.5. The minimum Gasteiger partial charge on any atom is -0.325 e. The molecule has 0 aliphatic carbocycles. The van der Waals surface area contributed by atoms with Crippen LogP contribution in [-0.2, 0) is 11.3 Å². The van der Waals surface area contributed by atoms with Gasteiger partial charge in [-0.05, 0) is 30.3 Å². The first-order valence-electron chi connectivity index (χ1n) is 7.23. The normalized spacial score (nSPS) is 10.8. The van der Waals surface area contributed by atoms with Gasteiger partial charge in [-0.1, -0.05) is 35.3 Å². The summed E-state index contributed by atoms with van der Waals surface area (Å²) in [5.74, 6) is -0.265. The summed E-state index contributed by atoms with van der Waals surface area (Å²) >= 11 is 11.9. The van der Waals surface area contributed by atoms with Crippen molar-refractivity contribution in [3.63, 3.8) is 0 Å². The number of benzene rings is 2. The second-order valence-electron chi connectivity index (χ2n) is 5.18. The monoisotopic (exact) mass is 361 g/mol. The number of para-hydroxylation sites is 1. The van der Waals surface area contributed by atoms with Gasteiger partial charge in [-0.15, -0.1) is 0 Å². The van der Waals surface area contributed by atoms with Crippen LogP contribution in [0.2, 0.25) is 10.0 Å². The van der Waals surface area contributed by atoms with E-state index in [0.717, 1.165) is 0 Å². The van der Waals surface area contributed by atoms with Gasteiger partial charge in [0, 0.05) is 18.0 Å². The molecule has 0 spiro atoms. The Balaban J connectivity index is 1.71. The first kappa shape index (κ1) is 16.5. The fourth-order valence-corrected chi connectivity index (χ4v) is 2.63. The molecule has 0 fully saturated rings. The number of anilines is 1. The third-order valence-electron chi connectivity index (χ3n) is 3.51. The molecule has 0 aliphatic heterocycles. The number of aryl methyl sites for hydroxylation is 1. The molecule has 0 saturated carbocycles. The minimum absolute atomic E-state index is 0.114. The van der Waals surface area contributed by atoms with E-state index in [1.54, 1.807) is 36.4 Å². The van der Waals surface area contributed by atoms with Crippen molar-refractivity contribution in [3.8, 4) is 0 Å². The maximum atomic E-state index is 12.4. The Hall–Kier alpha value is -2.37. The van der Waals surface area contributed by atoms with Crippen molar-refractivity contribution in [2.75, 3.05) is 5.32 Å². The number of nitrogens with zero attached hydrogens (tertiary/aromatic N) is 2. The zero-order valence-electron chi connectivity index (χ0n) is 12.5. The van der Waals surface area contributed by atoms with Crippen LogP contribution in [0.1, 0.15) is 6.42 Å². The third kappa shape index (κ3) is 3.58. The number of nitrogens with one attached hydrogen (secondary N) is 1. The van der Waals surface area contributed by atoms with Crippen molar-refractivity contribution < 1.29 is 4.79 Å². The second kappa shape index (κ2) is 7.03. The van der Waals surface area contributed by atoms with E-state index in [-0.39, 0.29) is 24.4 Å². The number of fused-ring (bicyclic) bond motifs is 1. The van der Waals surface area contributed by atoms with Crippen molar-refractivity contribution >= 4 is 45.7 Å². The maximum absolute atomic E-state index is 12.4. The topological polar surface area (TPSA) is 64.0 Å². The molecule has 0 unspecified atom stereocenters. The van der Waals surface area contributed by atoms with Gasteiger partial charge in [-0.3, -0.25) is 14.2 Å². The largest absolute Gasteiger partial charge is 0.325 e. The Kier molecular flexibility index (Phi) is 4.83. The molecule has 5 nitrogen and oxygen atoms in total. The van der Waals surface area contributed by atoms with Crippen LogP contribution in [-0.4, -0.2) is 15.5 Å². The van der Waals surface area contributed by atoms with Crippen LogP contribution in [0, 0.1) is 0 Å². The summed E-state index contributed by atoms with van der Waals surface area (Å²) in [6, 6.07) is 11.9. The molecule has 3 aromatic rings. The molecule has 1 aromatic heterocycles. The molecule has 0 radical (unpaired) electrons. The van der Waals surface area contributed by atoms with E-state index in [0.29, 0.717) is 26.6 Å². The lowest BCUT2D eigenvalue weighted by Gasteiger charge is -2.09. The van der Waals surface area contributed by atoms with Crippen molar-refractivity contribution in [3.05, 3.63) is 69.2 Å². The van der Waals surface area contributed by atoms with Crippen LogP contribution in [0.3, 0.4) is 0 Å². The zero-order valence-corrected chi connectivity index (χ0v) is 14.0. The molecule has 1 amide bonds. The highest BCUT2D eigenvalue weighted by Gasteiger charge is 2.09. The third-order valence-corrected chi connectivity index (χ3v) is 4.08. The highest BCUT2D eigenvalue weighted by molar-refractivity contribution is 6.35. The summed E-state index contributed by atoms with van der Waals surface area (Å²) in [4.78, 5) is 28.6. The van der Waals surface area contributed by atoms with Crippen molar-refractivity contribution in [2.24, 2.45) is 0 Å². The summed E-state index contributed by atoms with van der Waals surface area (Å²) < 4.78 is 1.42. The molecule has 0 aliphatic rings. The van der Waals surface area contributed by atoms with Gasteiger partial charge in [0.25, 0.3) is 5.56 Å². The van der Waals surface area contributed by atoms with Gasteiger partial charge in [-0.2, -0.15) is 0 Å². The van der Waals surface area contributed by atoms with E-state index >= 15 is 0 Å². The second-order valence-corrected chi connectivity index (χ2v) is 6.03. The Labute approximate surface area is 147 Å². The first-order valence-corrected chi connectivity index (χ1v) is 7.99. The lowest BCUT2D eigenvalue weighted by atomic mass is 10.2. The van der Waals surface area contributed by atoms with Gasteiger partial charge in [0.2, 0.25) is 5.91 Å². The smallest absolute Gasteiger partial charge is 0.261 e. The number of halogens is 2. The van der Waals surface area contributed by atoms with Gasteiger partial charge >= 0.3 is 0 Å². The maximum Gasteiger partial charge on any atom is 0.261 e. The number of carbonyl (C=O) groups excluding carboxylic acids is 1. The Morgan fingerprint density at radius 2 is 1.96 bits per heavy atom. The average Bonchev–Trinajstić information content (AvgIpc) is 2.58. The molecule has 0 saturated heterocycles. The van der Waals surface area contributed by atoms with E-state index in [1.807, 2.05) is 6.07 Å². The molecule has 122 valence electrons. The number of rotatable bonds is 4. The fraction of sp³-hybridized carbons (Fsp3) is 0.118. The molecule has 3 rings (SSSR count). The van der Waals surface area contributed by atoms with Crippen LogP contribution in [0.4, 0.5) is 5.69 Å². The molecule has 1 N–H and O–H groups in total. The van der Waals surface area contributed by atoms with Crippen LogP contribution in [0.25, 0.3) is 10.9 Å².